The highest BCUT2D eigenvalue weighted by atomic mass is 16.2. The SMILES string of the molecule is NC(=O)c1cccc2c1-c1ccccc1C21NC(=O)NC1=O. The van der Waals surface area contributed by atoms with E-state index in [1.807, 2.05) is 12.1 Å². The number of nitrogens with one attached hydrogen (secondary N) is 2. The Morgan fingerprint density at radius 1 is 1.00 bits per heavy atom. The number of hydrogen-bond donors (Lipinski definition) is 3. The molecule has 1 atom stereocenters. The van der Waals surface area contributed by atoms with Gasteiger partial charge < -0.3 is 11.1 Å². The van der Waals surface area contributed by atoms with E-state index in [-0.39, 0.29) is 0 Å². The van der Waals surface area contributed by atoms with Crippen molar-refractivity contribution in [2.24, 2.45) is 5.73 Å². The first-order valence-corrected chi connectivity index (χ1v) is 6.72. The molecule has 1 spiro atoms. The summed E-state index contributed by atoms with van der Waals surface area (Å²) in [7, 11) is 0. The van der Waals surface area contributed by atoms with E-state index in [2.05, 4.69) is 10.6 Å². The molecule has 2 aromatic rings. The van der Waals surface area contributed by atoms with E-state index in [0.29, 0.717) is 22.3 Å². The number of urea groups is 1. The van der Waals surface area contributed by atoms with Crippen molar-refractivity contribution in [3.05, 3.63) is 59.2 Å². The molecule has 0 radical (unpaired) electrons. The fourth-order valence-electron chi connectivity index (χ4n) is 3.37. The molecule has 22 heavy (non-hydrogen) atoms. The molecule has 1 fully saturated rings. The Balaban J connectivity index is 2.15. The third-order valence-electron chi connectivity index (χ3n) is 4.20. The predicted octanol–water partition coefficient (Wildman–Crippen LogP) is 0.849. The minimum atomic E-state index is -1.30. The Morgan fingerprint density at radius 2 is 1.73 bits per heavy atom. The fraction of sp³-hybridized carbons (Fsp3) is 0.0625. The van der Waals surface area contributed by atoms with Gasteiger partial charge in [0.05, 0.1) is 0 Å². The number of rotatable bonds is 1. The lowest BCUT2D eigenvalue weighted by molar-refractivity contribution is -0.122. The van der Waals surface area contributed by atoms with Gasteiger partial charge in [0.25, 0.3) is 5.91 Å². The topological polar surface area (TPSA) is 101 Å². The van der Waals surface area contributed by atoms with Crippen LogP contribution in [0.5, 0.6) is 0 Å². The van der Waals surface area contributed by atoms with Crippen LogP contribution < -0.4 is 16.4 Å². The Bertz CT molecular complexity index is 875. The third-order valence-corrected chi connectivity index (χ3v) is 4.20. The zero-order chi connectivity index (χ0) is 15.5. The van der Waals surface area contributed by atoms with Crippen LogP contribution in [0.1, 0.15) is 21.5 Å². The number of nitrogens with two attached hydrogens (primary N) is 1. The van der Waals surface area contributed by atoms with Gasteiger partial charge >= 0.3 is 6.03 Å². The zero-order valence-electron chi connectivity index (χ0n) is 11.3. The summed E-state index contributed by atoms with van der Waals surface area (Å²) in [6, 6.07) is 11.6. The average molecular weight is 293 g/mol. The highest BCUT2D eigenvalue weighted by Gasteiger charge is 2.55. The zero-order valence-corrected chi connectivity index (χ0v) is 11.3. The predicted molar refractivity (Wildman–Crippen MR) is 77.9 cm³/mol. The quantitative estimate of drug-likeness (QED) is 0.679. The lowest BCUT2D eigenvalue weighted by Gasteiger charge is -2.23. The molecule has 1 saturated heterocycles. The van der Waals surface area contributed by atoms with E-state index in [1.54, 1.807) is 30.3 Å². The number of benzene rings is 2. The Labute approximate surface area is 125 Å². The van der Waals surface area contributed by atoms with Crippen LogP contribution in [-0.4, -0.2) is 17.8 Å². The number of fused-ring (bicyclic) bond motifs is 5. The van der Waals surface area contributed by atoms with Crippen molar-refractivity contribution >= 4 is 17.8 Å². The summed E-state index contributed by atoms with van der Waals surface area (Å²) < 4.78 is 0. The van der Waals surface area contributed by atoms with E-state index in [1.165, 1.54) is 0 Å². The monoisotopic (exact) mass is 293 g/mol. The number of amides is 4. The van der Waals surface area contributed by atoms with Gasteiger partial charge in [-0.15, -0.1) is 0 Å². The second-order valence-electron chi connectivity index (χ2n) is 5.30. The molecule has 0 aromatic heterocycles. The lowest BCUT2D eigenvalue weighted by Crippen LogP contribution is -2.43. The number of carbonyl (C=O) groups is 3. The number of hydrogen-bond acceptors (Lipinski definition) is 3. The second kappa shape index (κ2) is 3.94. The Morgan fingerprint density at radius 3 is 2.41 bits per heavy atom. The van der Waals surface area contributed by atoms with Gasteiger partial charge in [-0.25, -0.2) is 4.79 Å². The lowest BCUT2D eigenvalue weighted by atomic mass is 9.87. The van der Waals surface area contributed by atoms with Gasteiger partial charge in [-0.1, -0.05) is 36.4 Å². The maximum Gasteiger partial charge on any atom is 0.322 e. The molecule has 6 heteroatoms. The summed E-state index contributed by atoms with van der Waals surface area (Å²) in [5.74, 6) is -1.03. The molecule has 1 heterocycles. The van der Waals surface area contributed by atoms with Crippen LogP contribution in [0.3, 0.4) is 0 Å². The van der Waals surface area contributed by atoms with Crippen molar-refractivity contribution in [1.29, 1.82) is 0 Å². The molecule has 0 saturated carbocycles. The van der Waals surface area contributed by atoms with Crippen LogP contribution in [0.2, 0.25) is 0 Å². The average Bonchev–Trinajstić information content (AvgIpc) is 2.96. The van der Waals surface area contributed by atoms with E-state index < -0.39 is 23.4 Å². The molecule has 1 unspecified atom stereocenters. The molecule has 6 nitrogen and oxygen atoms in total. The van der Waals surface area contributed by atoms with Crippen molar-refractivity contribution in [3.63, 3.8) is 0 Å². The maximum atomic E-state index is 12.5. The maximum absolute atomic E-state index is 12.5. The standard InChI is InChI=1S/C16H11N3O3/c17-13(20)9-5-3-7-11-12(9)8-4-1-2-6-10(8)16(11)14(21)18-15(22)19-16/h1-7H,(H2,17,20)(H2,18,19,21,22). The van der Waals surface area contributed by atoms with Gasteiger partial charge in [0.2, 0.25) is 5.91 Å². The molecule has 2 aliphatic rings. The minimum absolute atomic E-state index is 0.329. The van der Waals surface area contributed by atoms with E-state index >= 15 is 0 Å². The van der Waals surface area contributed by atoms with E-state index in [9.17, 15) is 14.4 Å². The summed E-state index contributed by atoms with van der Waals surface area (Å²) in [6.07, 6.45) is 0. The number of primary amides is 1. The van der Waals surface area contributed by atoms with Crippen LogP contribution in [-0.2, 0) is 10.3 Å². The van der Waals surface area contributed by atoms with Crippen molar-refractivity contribution < 1.29 is 14.4 Å². The van der Waals surface area contributed by atoms with Gasteiger partial charge in [-0.05, 0) is 17.2 Å². The molecule has 1 aliphatic heterocycles. The minimum Gasteiger partial charge on any atom is -0.366 e. The van der Waals surface area contributed by atoms with Crippen molar-refractivity contribution in [1.82, 2.24) is 10.6 Å². The Hall–Kier alpha value is -3.15. The first-order chi connectivity index (χ1) is 10.6. The van der Waals surface area contributed by atoms with Crippen LogP contribution in [0.25, 0.3) is 11.1 Å². The number of carbonyl (C=O) groups excluding carboxylic acids is 3. The summed E-state index contributed by atoms with van der Waals surface area (Å²) in [5, 5.41) is 4.98. The van der Waals surface area contributed by atoms with Crippen LogP contribution in [0.4, 0.5) is 4.79 Å². The van der Waals surface area contributed by atoms with Crippen molar-refractivity contribution in [3.8, 4) is 11.1 Å². The van der Waals surface area contributed by atoms with Gasteiger partial charge in [0.1, 0.15) is 0 Å². The highest BCUT2D eigenvalue weighted by molar-refractivity contribution is 6.15. The molecule has 108 valence electrons. The van der Waals surface area contributed by atoms with Gasteiger partial charge in [0.15, 0.2) is 5.54 Å². The summed E-state index contributed by atoms with van der Waals surface area (Å²) in [4.78, 5) is 36.0. The highest BCUT2D eigenvalue weighted by Crippen LogP contribution is 2.49. The smallest absolute Gasteiger partial charge is 0.322 e. The van der Waals surface area contributed by atoms with Crippen LogP contribution in [0.15, 0.2) is 42.5 Å². The molecule has 4 amide bonds. The van der Waals surface area contributed by atoms with Gasteiger partial charge in [-0.2, -0.15) is 0 Å². The van der Waals surface area contributed by atoms with Crippen molar-refractivity contribution in [2.45, 2.75) is 5.54 Å². The largest absolute Gasteiger partial charge is 0.366 e. The van der Waals surface area contributed by atoms with Crippen LogP contribution in [0, 0.1) is 0 Å². The van der Waals surface area contributed by atoms with Crippen LogP contribution >= 0.6 is 0 Å². The molecule has 0 bridgehead atoms. The van der Waals surface area contributed by atoms with Crippen molar-refractivity contribution in [2.75, 3.05) is 0 Å². The Kier molecular flexibility index (Phi) is 2.25. The summed E-state index contributed by atoms with van der Waals surface area (Å²) in [6.45, 7) is 0. The molecule has 1 aliphatic carbocycles. The van der Waals surface area contributed by atoms with E-state index in [0.717, 1.165) is 5.56 Å². The van der Waals surface area contributed by atoms with Gasteiger partial charge in [0, 0.05) is 16.7 Å². The number of imide groups is 1. The fourth-order valence-corrected chi connectivity index (χ4v) is 3.37. The third kappa shape index (κ3) is 1.31. The summed E-state index contributed by atoms with van der Waals surface area (Å²) >= 11 is 0. The first-order valence-electron chi connectivity index (χ1n) is 6.72. The molecular weight excluding hydrogens is 282 g/mol. The molecule has 2 aromatic carbocycles. The van der Waals surface area contributed by atoms with E-state index in [4.69, 9.17) is 5.73 Å². The molecule has 4 rings (SSSR count). The first kappa shape index (κ1) is 12.6. The molecule has 4 N–H and O–H groups in total. The normalized spacial score (nSPS) is 21.3. The summed E-state index contributed by atoms with van der Waals surface area (Å²) in [5.41, 5.74) is 7.03. The second-order valence-corrected chi connectivity index (χ2v) is 5.30. The van der Waals surface area contributed by atoms with Gasteiger partial charge in [-0.3, -0.25) is 14.9 Å². The molecular formula is C16H11N3O3.